The van der Waals surface area contributed by atoms with Crippen LogP contribution in [0.5, 0.6) is 0 Å². The molecule has 0 aliphatic heterocycles. The summed E-state index contributed by atoms with van der Waals surface area (Å²) in [7, 11) is 0. The van der Waals surface area contributed by atoms with Gasteiger partial charge in [0.25, 0.3) is 5.91 Å². The molecule has 0 bridgehead atoms. The van der Waals surface area contributed by atoms with Gasteiger partial charge < -0.3 is 11.1 Å². The molecular weight excluding hydrogens is 410 g/mol. The monoisotopic (exact) mass is 432 g/mol. The molecule has 0 fully saturated rings. The SMILES string of the molecule is C=C(C=Nc1cc(I)ccc1N)C(=O)NCCN(CC)CCF. The molecule has 0 saturated heterocycles. The van der Waals surface area contributed by atoms with Gasteiger partial charge in [0.15, 0.2) is 0 Å². The summed E-state index contributed by atoms with van der Waals surface area (Å²) in [6, 6.07) is 5.47. The van der Waals surface area contributed by atoms with Crippen molar-refractivity contribution in [2.24, 2.45) is 4.99 Å². The van der Waals surface area contributed by atoms with E-state index in [1.165, 1.54) is 6.21 Å². The van der Waals surface area contributed by atoms with Gasteiger partial charge in [0, 0.05) is 29.4 Å². The van der Waals surface area contributed by atoms with Gasteiger partial charge in [-0.15, -0.1) is 0 Å². The predicted octanol–water partition coefficient (Wildman–Crippen LogP) is 2.54. The maximum atomic E-state index is 12.3. The molecule has 0 unspecified atom stereocenters. The average Bonchev–Trinajstić information content (AvgIpc) is 2.54. The lowest BCUT2D eigenvalue weighted by molar-refractivity contribution is -0.117. The number of carbonyl (C=O) groups excluding carboxylic acids is 1. The van der Waals surface area contributed by atoms with Gasteiger partial charge in [-0.05, 0) is 47.3 Å². The Balaban J connectivity index is 2.49. The van der Waals surface area contributed by atoms with Gasteiger partial charge in [-0.2, -0.15) is 0 Å². The van der Waals surface area contributed by atoms with Crippen LogP contribution in [0.3, 0.4) is 0 Å². The number of hydrogen-bond donors (Lipinski definition) is 2. The number of alkyl halides is 1. The lowest BCUT2D eigenvalue weighted by Gasteiger charge is -2.18. The van der Waals surface area contributed by atoms with Crippen molar-refractivity contribution >= 4 is 46.1 Å². The highest BCUT2D eigenvalue weighted by Gasteiger charge is 2.06. The first-order valence-electron chi connectivity index (χ1n) is 7.32. The molecule has 7 heteroatoms. The Kier molecular flexibility index (Phi) is 8.78. The lowest BCUT2D eigenvalue weighted by Crippen LogP contribution is -2.36. The number of nitrogens with zero attached hydrogens (tertiary/aromatic N) is 2. The molecule has 3 N–H and O–H groups in total. The van der Waals surface area contributed by atoms with E-state index in [1.54, 1.807) is 6.07 Å². The van der Waals surface area contributed by atoms with E-state index in [9.17, 15) is 9.18 Å². The standard InChI is InChI=1S/C16H22FIN4O/c1-3-22(8-6-17)9-7-20-16(23)12(2)11-21-15-10-13(18)4-5-14(15)19/h4-5,10-11H,2-3,6-9,19H2,1H3,(H,20,23). The fraction of sp³-hybridized carbons (Fsp3) is 0.375. The van der Waals surface area contributed by atoms with Crippen LogP contribution >= 0.6 is 22.6 Å². The number of hydrogen-bond acceptors (Lipinski definition) is 4. The minimum atomic E-state index is -0.390. The summed E-state index contributed by atoms with van der Waals surface area (Å²) in [5, 5.41) is 2.74. The first kappa shape index (κ1) is 19.6. The van der Waals surface area contributed by atoms with Crippen LogP contribution < -0.4 is 11.1 Å². The van der Waals surface area contributed by atoms with Crippen molar-refractivity contribution in [3.63, 3.8) is 0 Å². The normalized spacial score (nSPS) is 11.1. The Hall–Kier alpha value is -1.48. The molecule has 0 aliphatic rings. The number of nitrogens with two attached hydrogens (primary N) is 1. The molecule has 0 spiro atoms. The van der Waals surface area contributed by atoms with Crippen molar-refractivity contribution in [1.29, 1.82) is 0 Å². The number of aliphatic imine (C=N–C) groups is 1. The van der Waals surface area contributed by atoms with E-state index in [0.29, 0.717) is 31.0 Å². The van der Waals surface area contributed by atoms with Crippen LogP contribution in [-0.2, 0) is 4.79 Å². The summed E-state index contributed by atoms with van der Waals surface area (Å²) < 4.78 is 13.3. The van der Waals surface area contributed by atoms with Gasteiger partial charge in [-0.25, -0.2) is 4.39 Å². The van der Waals surface area contributed by atoms with Crippen molar-refractivity contribution in [1.82, 2.24) is 10.2 Å². The van der Waals surface area contributed by atoms with Crippen LogP contribution in [0.4, 0.5) is 15.8 Å². The fourth-order valence-corrected chi connectivity index (χ4v) is 2.30. The molecule has 0 saturated carbocycles. The molecule has 1 rings (SSSR count). The number of halogens is 2. The second-order valence-corrected chi connectivity index (χ2v) is 6.11. The van der Waals surface area contributed by atoms with Gasteiger partial charge in [0.05, 0.1) is 16.9 Å². The molecule has 5 nitrogen and oxygen atoms in total. The molecule has 1 aromatic rings. The van der Waals surface area contributed by atoms with Crippen molar-refractivity contribution in [3.8, 4) is 0 Å². The lowest BCUT2D eigenvalue weighted by atomic mass is 10.2. The number of carbonyl (C=O) groups is 1. The van der Waals surface area contributed by atoms with Gasteiger partial charge in [0.2, 0.25) is 0 Å². The summed E-state index contributed by atoms with van der Waals surface area (Å²) in [6.07, 6.45) is 1.40. The van der Waals surface area contributed by atoms with Crippen LogP contribution in [0.1, 0.15) is 6.92 Å². The summed E-state index contributed by atoms with van der Waals surface area (Å²) in [5.41, 5.74) is 7.22. The molecule has 0 radical (unpaired) electrons. The number of amides is 1. The quantitative estimate of drug-likeness (QED) is 0.273. The molecule has 126 valence electrons. The van der Waals surface area contributed by atoms with Crippen LogP contribution in [0.25, 0.3) is 0 Å². The van der Waals surface area contributed by atoms with Crippen molar-refractivity contribution in [3.05, 3.63) is 33.9 Å². The second-order valence-electron chi connectivity index (χ2n) is 4.87. The number of likely N-dealkylation sites (N-methyl/N-ethyl adjacent to an activating group) is 1. The number of nitrogen functional groups attached to an aromatic ring is 1. The Morgan fingerprint density at radius 3 is 2.91 bits per heavy atom. The maximum absolute atomic E-state index is 12.3. The Bertz CT molecular complexity index is 577. The van der Waals surface area contributed by atoms with Gasteiger partial charge in [0.1, 0.15) is 6.67 Å². The zero-order valence-electron chi connectivity index (χ0n) is 13.2. The van der Waals surface area contributed by atoms with Crippen LogP contribution in [0.15, 0.2) is 35.3 Å². The fourth-order valence-electron chi connectivity index (χ4n) is 1.82. The number of nitrogens with one attached hydrogen (secondary N) is 1. The highest BCUT2D eigenvalue weighted by molar-refractivity contribution is 14.1. The van der Waals surface area contributed by atoms with Crippen molar-refractivity contribution < 1.29 is 9.18 Å². The van der Waals surface area contributed by atoms with Crippen molar-refractivity contribution in [2.75, 3.05) is 38.6 Å². The minimum Gasteiger partial charge on any atom is -0.397 e. The first-order valence-corrected chi connectivity index (χ1v) is 8.40. The van der Waals surface area contributed by atoms with E-state index < -0.39 is 6.67 Å². The summed E-state index contributed by atoms with van der Waals surface area (Å²) in [4.78, 5) is 18.0. The molecule has 1 amide bonds. The topological polar surface area (TPSA) is 70.7 Å². The third-order valence-corrected chi connectivity index (χ3v) is 3.88. The van der Waals surface area contributed by atoms with E-state index in [2.05, 4.69) is 39.5 Å². The number of benzene rings is 1. The Labute approximate surface area is 150 Å². The highest BCUT2D eigenvalue weighted by atomic mass is 127. The zero-order chi connectivity index (χ0) is 17.2. The van der Waals surface area contributed by atoms with Crippen LogP contribution in [0, 0.1) is 3.57 Å². The summed E-state index contributed by atoms with van der Waals surface area (Å²) in [5.74, 6) is -0.297. The molecule has 0 atom stereocenters. The van der Waals surface area contributed by atoms with Gasteiger partial charge in [-0.1, -0.05) is 13.5 Å². The molecular formula is C16H22FIN4O. The zero-order valence-corrected chi connectivity index (χ0v) is 15.3. The molecule has 0 aliphatic carbocycles. The third-order valence-electron chi connectivity index (χ3n) is 3.21. The largest absolute Gasteiger partial charge is 0.397 e. The average molecular weight is 432 g/mol. The molecule has 23 heavy (non-hydrogen) atoms. The Morgan fingerprint density at radius 1 is 1.52 bits per heavy atom. The Morgan fingerprint density at radius 2 is 2.26 bits per heavy atom. The maximum Gasteiger partial charge on any atom is 0.252 e. The van der Waals surface area contributed by atoms with E-state index in [-0.39, 0.29) is 11.5 Å². The molecule has 1 aromatic carbocycles. The third kappa shape index (κ3) is 7.08. The highest BCUT2D eigenvalue weighted by Crippen LogP contribution is 2.23. The van der Waals surface area contributed by atoms with Crippen molar-refractivity contribution in [2.45, 2.75) is 6.92 Å². The molecule has 0 heterocycles. The number of rotatable bonds is 9. The smallest absolute Gasteiger partial charge is 0.252 e. The minimum absolute atomic E-state index is 0.247. The summed E-state index contributed by atoms with van der Waals surface area (Å²) >= 11 is 2.16. The predicted molar refractivity (Wildman–Crippen MR) is 102 cm³/mol. The van der Waals surface area contributed by atoms with E-state index >= 15 is 0 Å². The summed E-state index contributed by atoms with van der Waals surface area (Å²) in [6.45, 7) is 7.41. The van der Waals surface area contributed by atoms with E-state index in [1.807, 2.05) is 24.0 Å². The number of anilines is 1. The molecule has 0 aromatic heterocycles. The first-order chi connectivity index (χ1) is 11.0. The van der Waals surface area contributed by atoms with E-state index in [4.69, 9.17) is 5.73 Å². The van der Waals surface area contributed by atoms with Gasteiger partial charge in [-0.3, -0.25) is 14.7 Å². The van der Waals surface area contributed by atoms with Gasteiger partial charge >= 0.3 is 0 Å². The van der Waals surface area contributed by atoms with Crippen LogP contribution in [-0.4, -0.2) is 49.9 Å². The van der Waals surface area contributed by atoms with E-state index in [0.717, 1.165) is 10.1 Å². The second kappa shape index (κ2) is 10.3. The van der Waals surface area contributed by atoms with Crippen LogP contribution in [0.2, 0.25) is 0 Å².